The van der Waals surface area contributed by atoms with Gasteiger partial charge in [-0.3, -0.25) is 0 Å². The van der Waals surface area contributed by atoms with Gasteiger partial charge in [0.05, 0.1) is 11.0 Å². The van der Waals surface area contributed by atoms with E-state index >= 15 is 0 Å². The zero-order valence-electron chi connectivity index (χ0n) is 17.6. The number of anilines is 2. The fourth-order valence-corrected chi connectivity index (χ4v) is 3.80. The van der Waals surface area contributed by atoms with Crippen LogP contribution in [0.25, 0.3) is 11.0 Å². The molecule has 3 aromatic rings. The Balaban J connectivity index is 2.08. The summed E-state index contributed by atoms with van der Waals surface area (Å²) < 4.78 is 2.43. The monoisotopic (exact) mass is 363 g/mol. The Kier molecular flexibility index (Phi) is 5.59. The second kappa shape index (κ2) is 7.75. The molecular weight excluding hydrogens is 330 g/mol. The second-order valence-electron chi connectivity index (χ2n) is 9.33. The molecule has 0 amide bonds. The van der Waals surface area contributed by atoms with Crippen molar-refractivity contribution in [3.05, 3.63) is 54.1 Å². The lowest BCUT2D eigenvalue weighted by atomic mass is 9.85. The third-order valence-electron chi connectivity index (χ3n) is 4.86. The summed E-state index contributed by atoms with van der Waals surface area (Å²) in [6, 6.07) is 17.4. The number of imidazole rings is 1. The minimum Gasteiger partial charge on any atom is -0.326 e. The van der Waals surface area contributed by atoms with Crippen molar-refractivity contribution in [1.82, 2.24) is 9.55 Å². The summed E-state index contributed by atoms with van der Waals surface area (Å²) >= 11 is 0. The number of fused-ring (bicyclic) bond motifs is 1. The Hall–Kier alpha value is -2.29. The zero-order chi connectivity index (χ0) is 19.6. The number of hydrogen-bond donors (Lipinski definition) is 1. The van der Waals surface area contributed by atoms with Gasteiger partial charge in [0.15, 0.2) is 0 Å². The van der Waals surface area contributed by atoms with Crippen LogP contribution in [0.3, 0.4) is 0 Å². The van der Waals surface area contributed by atoms with Crippen molar-refractivity contribution >= 4 is 22.7 Å². The summed E-state index contributed by atoms with van der Waals surface area (Å²) in [6.45, 7) is 13.7. The van der Waals surface area contributed by atoms with Crippen LogP contribution >= 0.6 is 0 Å². The van der Waals surface area contributed by atoms with E-state index in [1.807, 2.05) is 0 Å². The molecule has 3 heteroatoms. The molecule has 1 heterocycles. The first-order chi connectivity index (χ1) is 12.7. The topological polar surface area (TPSA) is 29.9 Å². The molecule has 1 atom stereocenters. The highest BCUT2D eigenvalue weighted by atomic mass is 15.2. The van der Waals surface area contributed by atoms with Crippen LogP contribution in [0.15, 0.2) is 48.5 Å². The zero-order valence-corrected chi connectivity index (χ0v) is 17.6. The summed E-state index contributed by atoms with van der Waals surface area (Å²) in [5.41, 5.74) is 4.86. The average Bonchev–Trinajstić information content (AvgIpc) is 2.92. The molecule has 0 spiro atoms. The van der Waals surface area contributed by atoms with E-state index in [1.54, 1.807) is 0 Å². The predicted octanol–water partition coefficient (Wildman–Crippen LogP) is 7.11. The average molecular weight is 364 g/mol. The Bertz CT molecular complexity index is 882. The lowest BCUT2D eigenvalue weighted by molar-refractivity contribution is 0.268. The maximum atomic E-state index is 4.94. The van der Waals surface area contributed by atoms with Crippen LogP contribution in [0, 0.1) is 18.3 Å². The minimum atomic E-state index is 0.256. The molecule has 27 heavy (non-hydrogen) atoms. The number of para-hydroxylation sites is 2. The van der Waals surface area contributed by atoms with Gasteiger partial charge >= 0.3 is 0 Å². The summed E-state index contributed by atoms with van der Waals surface area (Å²) in [4.78, 5) is 4.94. The molecule has 3 rings (SSSR count). The standard InChI is InChI=1S/C24H33N3/c1-17(2)15-20(16-24(4,5)6)27-22-10-8-7-9-21(22)26-23(27)25-19-13-11-18(3)12-14-19/h7-14,17,20H,15-16H2,1-6H3,(H,25,26)/t20-/m1/s1. The molecule has 0 saturated heterocycles. The third-order valence-corrected chi connectivity index (χ3v) is 4.86. The Morgan fingerprint density at radius 2 is 1.67 bits per heavy atom. The van der Waals surface area contributed by atoms with Gasteiger partial charge in [-0.2, -0.15) is 0 Å². The quantitative estimate of drug-likeness (QED) is 0.505. The molecule has 0 radical (unpaired) electrons. The largest absolute Gasteiger partial charge is 0.326 e. The van der Waals surface area contributed by atoms with E-state index in [0.717, 1.165) is 30.0 Å². The first-order valence-electron chi connectivity index (χ1n) is 10.0. The fraction of sp³-hybridized carbons (Fsp3) is 0.458. The van der Waals surface area contributed by atoms with Crippen LogP contribution in [0.2, 0.25) is 0 Å². The lowest BCUT2D eigenvalue weighted by Gasteiger charge is -2.30. The molecule has 1 N–H and O–H groups in total. The van der Waals surface area contributed by atoms with Gasteiger partial charge in [-0.15, -0.1) is 0 Å². The Morgan fingerprint density at radius 1 is 1.00 bits per heavy atom. The van der Waals surface area contributed by atoms with Crippen molar-refractivity contribution in [2.45, 2.75) is 60.4 Å². The van der Waals surface area contributed by atoms with Crippen LogP contribution in [0.1, 0.15) is 59.1 Å². The van der Waals surface area contributed by atoms with Gasteiger partial charge in [-0.05, 0) is 55.4 Å². The number of hydrogen-bond acceptors (Lipinski definition) is 2. The first kappa shape index (κ1) is 19.5. The van der Waals surface area contributed by atoms with Gasteiger partial charge in [0.2, 0.25) is 5.95 Å². The lowest BCUT2D eigenvalue weighted by Crippen LogP contribution is -2.20. The molecule has 0 aliphatic rings. The van der Waals surface area contributed by atoms with E-state index in [0.29, 0.717) is 12.0 Å². The Morgan fingerprint density at radius 3 is 2.30 bits per heavy atom. The van der Waals surface area contributed by atoms with E-state index in [2.05, 4.69) is 100.0 Å². The van der Waals surface area contributed by atoms with Crippen molar-refractivity contribution in [2.75, 3.05) is 5.32 Å². The van der Waals surface area contributed by atoms with Crippen LogP contribution in [-0.2, 0) is 0 Å². The fourth-order valence-electron chi connectivity index (χ4n) is 3.80. The highest BCUT2D eigenvalue weighted by Gasteiger charge is 2.25. The van der Waals surface area contributed by atoms with Gasteiger partial charge in [-0.25, -0.2) is 4.98 Å². The Labute approximate surface area is 163 Å². The molecule has 0 unspecified atom stereocenters. The molecule has 1 aromatic heterocycles. The summed E-state index contributed by atoms with van der Waals surface area (Å²) in [5.74, 6) is 1.57. The van der Waals surface area contributed by atoms with Crippen LogP contribution in [0.5, 0.6) is 0 Å². The first-order valence-corrected chi connectivity index (χ1v) is 10.0. The van der Waals surface area contributed by atoms with Gasteiger partial charge in [0.25, 0.3) is 0 Å². The number of rotatable bonds is 6. The van der Waals surface area contributed by atoms with Gasteiger partial charge in [0, 0.05) is 11.7 Å². The van der Waals surface area contributed by atoms with E-state index in [1.165, 1.54) is 11.1 Å². The number of aromatic nitrogens is 2. The van der Waals surface area contributed by atoms with Gasteiger partial charge in [0.1, 0.15) is 0 Å². The van der Waals surface area contributed by atoms with Crippen molar-refractivity contribution in [3.63, 3.8) is 0 Å². The van der Waals surface area contributed by atoms with Crippen molar-refractivity contribution in [2.24, 2.45) is 11.3 Å². The minimum absolute atomic E-state index is 0.256. The molecule has 0 aliphatic heterocycles. The predicted molar refractivity (Wildman–Crippen MR) is 117 cm³/mol. The molecule has 0 aliphatic carbocycles. The SMILES string of the molecule is Cc1ccc(Nc2nc3ccccc3n2[C@H](CC(C)C)CC(C)(C)C)cc1. The number of nitrogens with one attached hydrogen (secondary N) is 1. The normalized spacial score (nSPS) is 13.3. The molecular formula is C24H33N3. The van der Waals surface area contributed by atoms with E-state index in [-0.39, 0.29) is 5.41 Å². The molecule has 144 valence electrons. The third kappa shape index (κ3) is 4.91. The smallest absolute Gasteiger partial charge is 0.208 e. The molecule has 3 nitrogen and oxygen atoms in total. The van der Waals surface area contributed by atoms with Crippen molar-refractivity contribution in [1.29, 1.82) is 0 Å². The summed E-state index contributed by atoms with van der Waals surface area (Å²) in [5, 5.41) is 3.58. The van der Waals surface area contributed by atoms with E-state index in [4.69, 9.17) is 4.98 Å². The number of aryl methyl sites for hydroxylation is 1. The highest BCUT2D eigenvalue weighted by molar-refractivity contribution is 5.80. The van der Waals surface area contributed by atoms with Gasteiger partial charge < -0.3 is 9.88 Å². The second-order valence-corrected chi connectivity index (χ2v) is 9.33. The van der Waals surface area contributed by atoms with Crippen molar-refractivity contribution < 1.29 is 0 Å². The number of benzene rings is 2. The summed E-state index contributed by atoms with van der Waals surface area (Å²) in [7, 11) is 0. The maximum absolute atomic E-state index is 4.94. The molecule has 0 bridgehead atoms. The highest BCUT2D eigenvalue weighted by Crippen LogP contribution is 2.37. The molecule has 0 fully saturated rings. The van der Waals surface area contributed by atoms with E-state index < -0.39 is 0 Å². The molecule has 0 saturated carbocycles. The van der Waals surface area contributed by atoms with Crippen LogP contribution < -0.4 is 5.32 Å². The van der Waals surface area contributed by atoms with E-state index in [9.17, 15) is 0 Å². The van der Waals surface area contributed by atoms with Crippen LogP contribution in [0.4, 0.5) is 11.6 Å². The van der Waals surface area contributed by atoms with Crippen LogP contribution in [-0.4, -0.2) is 9.55 Å². The van der Waals surface area contributed by atoms with Gasteiger partial charge in [-0.1, -0.05) is 64.4 Å². The summed E-state index contributed by atoms with van der Waals surface area (Å²) in [6.07, 6.45) is 2.26. The molecule has 2 aromatic carbocycles. The maximum Gasteiger partial charge on any atom is 0.208 e. The van der Waals surface area contributed by atoms with Crippen molar-refractivity contribution in [3.8, 4) is 0 Å². The number of nitrogens with zero attached hydrogens (tertiary/aromatic N) is 2.